The standard InChI is InChI=1S/C19H40O2/c1-4-6-8-10-12-14-16-18(3)19(20,21)17-15-13-11-9-7-5-2/h18,20-21H,4-17H2,1-3H3. The van der Waals surface area contributed by atoms with Gasteiger partial charge >= 0.3 is 0 Å². The van der Waals surface area contributed by atoms with Crippen LogP contribution in [0.2, 0.25) is 0 Å². The van der Waals surface area contributed by atoms with Crippen LogP contribution in [0.25, 0.3) is 0 Å². The van der Waals surface area contributed by atoms with Crippen LogP contribution in [0.4, 0.5) is 0 Å². The third-order valence-electron chi connectivity index (χ3n) is 4.68. The van der Waals surface area contributed by atoms with Crippen LogP contribution in [0, 0.1) is 5.92 Å². The summed E-state index contributed by atoms with van der Waals surface area (Å²) in [6.45, 7) is 6.44. The maximum Gasteiger partial charge on any atom is 0.165 e. The fourth-order valence-electron chi connectivity index (χ4n) is 2.87. The Hall–Kier alpha value is -0.0800. The maximum absolute atomic E-state index is 10.2. The first-order valence-electron chi connectivity index (χ1n) is 9.49. The van der Waals surface area contributed by atoms with E-state index in [1.54, 1.807) is 0 Å². The van der Waals surface area contributed by atoms with Gasteiger partial charge in [0.2, 0.25) is 0 Å². The number of rotatable bonds is 15. The first-order valence-corrected chi connectivity index (χ1v) is 9.49. The molecule has 0 spiro atoms. The van der Waals surface area contributed by atoms with E-state index in [4.69, 9.17) is 0 Å². The smallest absolute Gasteiger partial charge is 0.165 e. The lowest BCUT2D eigenvalue weighted by molar-refractivity contribution is -0.203. The van der Waals surface area contributed by atoms with Crippen LogP contribution in [0.15, 0.2) is 0 Å². The van der Waals surface area contributed by atoms with E-state index in [2.05, 4.69) is 13.8 Å². The first kappa shape index (κ1) is 20.9. The van der Waals surface area contributed by atoms with E-state index in [1.165, 1.54) is 57.8 Å². The van der Waals surface area contributed by atoms with Crippen molar-refractivity contribution in [2.45, 2.75) is 116 Å². The fourth-order valence-corrected chi connectivity index (χ4v) is 2.87. The Morgan fingerprint density at radius 1 is 0.667 bits per heavy atom. The average molecular weight is 301 g/mol. The van der Waals surface area contributed by atoms with Gasteiger partial charge < -0.3 is 10.2 Å². The highest BCUT2D eigenvalue weighted by Crippen LogP contribution is 2.26. The molecule has 0 aromatic heterocycles. The van der Waals surface area contributed by atoms with E-state index < -0.39 is 5.79 Å². The molecule has 0 aliphatic heterocycles. The van der Waals surface area contributed by atoms with Crippen LogP contribution >= 0.6 is 0 Å². The second kappa shape index (κ2) is 13.6. The third kappa shape index (κ3) is 12.2. The monoisotopic (exact) mass is 300 g/mol. The lowest BCUT2D eigenvalue weighted by atomic mass is 9.90. The summed E-state index contributed by atoms with van der Waals surface area (Å²) < 4.78 is 0. The van der Waals surface area contributed by atoms with Gasteiger partial charge in [0.05, 0.1) is 0 Å². The lowest BCUT2D eigenvalue weighted by Crippen LogP contribution is -2.36. The zero-order valence-corrected chi connectivity index (χ0v) is 14.9. The molecule has 1 unspecified atom stereocenters. The molecule has 0 amide bonds. The van der Waals surface area contributed by atoms with Crippen molar-refractivity contribution in [1.29, 1.82) is 0 Å². The maximum atomic E-state index is 10.2. The van der Waals surface area contributed by atoms with Gasteiger partial charge in [0.1, 0.15) is 0 Å². The van der Waals surface area contributed by atoms with E-state index in [1.807, 2.05) is 6.92 Å². The minimum absolute atomic E-state index is 0.000632. The molecule has 0 aliphatic rings. The number of unbranched alkanes of at least 4 members (excludes halogenated alkanes) is 10. The molecule has 0 bridgehead atoms. The van der Waals surface area contributed by atoms with Gasteiger partial charge in [-0.1, -0.05) is 91.4 Å². The molecule has 2 heteroatoms. The third-order valence-corrected chi connectivity index (χ3v) is 4.68. The molecule has 0 aromatic rings. The molecule has 0 fully saturated rings. The summed E-state index contributed by atoms with van der Waals surface area (Å²) in [7, 11) is 0. The minimum Gasteiger partial charge on any atom is -0.365 e. The predicted octanol–water partition coefficient (Wildman–Crippen LogP) is 5.80. The minimum atomic E-state index is -1.45. The Labute approximate surface area is 133 Å². The van der Waals surface area contributed by atoms with Crippen LogP contribution in [0.3, 0.4) is 0 Å². The number of aliphatic hydroxyl groups is 2. The Kier molecular flexibility index (Phi) is 13.5. The van der Waals surface area contributed by atoms with E-state index in [0.717, 1.165) is 25.7 Å². The van der Waals surface area contributed by atoms with Crippen molar-refractivity contribution < 1.29 is 10.2 Å². The molecule has 2 nitrogen and oxygen atoms in total. The molecule has 0 aliphatic carbocycles. The van der Waals surface area contributed by atoms with Gasteiger partial charge in [0.25, 0.3) is 0 Å². The van der Waals surface area contributed by atoms with Crippen LogP contribution < -0.4 is 0 Å². The van der Waals surface area contributed by atoms with Crippen LogP contribution in [0.1, 0.15) is 111 Å². The van der Waals surface area contributed by atoms with E-state index in [-0.39, 0.29) is 5.92 Å². The van der Waals surface area contributed by atoms with Crippen molar-refractivity contribution in [1.82, 2.24) is 0 Å². The normalized spacial score (nSPS) is 13.6. The summed E-state index contributed by atoms with van der Waals surface area (Å²) in [4.78, 5) is 0. The van der Waals surface area contributed by atoms with Crippen molar-refractivity contribution in [2.75, 3.05) is 0 Å². The summed E-state index contributed by atoms with van der Waals surface area (Å²) in [5, 5.41) is 20.4. The molecular weight excluding hydrogens is 260 g/mol. The van der Waals surface area contributed by atoms with Crippen molar-refractivity contribution in [3.8, 4) is 0 Å². The highest BCUT2D eigenvalue weighted by molar-refractivity contribution is 4.72. The summed E-state index contributed by atoms with van der Waals surface area (Å²) in [6.07, 6.45) is 16.2. The van der Waals surface area contributed by atoms with Gasteiger partial charge in [-0.05, 0) is 12.8 Å². The van der Waals surface area contributed by atoms with Crippen LogP contribution in [-0.4, -0.2) is 16.0 Å². The highest BCUT2D eigenvalue weighted by atomic mass is 16.5. The zero-order valence-electron chi connectivity index (χ0n) is 14.9. The fraction of sp³-hybridized carbons (Fsp3) is 1.00. The molecule has 0 rings (SSSR count). The van der Waals surface area contributed by atoms with E-state index in [9.17, 15) is 10.2 Å². The Bertz CT molecular complexity index is 214. The lowest BCUT2D eigenvalue weighted by Gasteiger charge is -2.29. The molecule has 0 heterocycles. The van der Waals surface area contributed by atoms with Crippen molar-refractivity contribution in [2.24, 2.45) is 5.92 Å². The zero-order chi connectivity index (χ0) is 16.0. The number of hydrogen-bond donors (Lipinski definition) is 2. The Balaban J connectivity index is 3.61. The summed E-state index contributed by atoms with van der Waals surface area (Å²) >= 11 is 0. The van der Waals surface area contributed by atoms with Crippen LogP contribution in [0.5, 0.6) is 0 Å². The molecule has 1 atom stereocenters. The topological polar surface area (TPSA) is 40.5 Å². The summed E-state index contributed by atoms with van der Waals surface area (Å²) in [5.74, 6) is -1.45. The predicted molar refractivity (Wildman–Crippen MR) is 92.3 cm³/mol. The second-order valence-corrected chi connectivity index (χ2v) is 6.85. The molecule has 0 aromatic carbocycles. The summed E-state index contributed by atoms with van der Waals surface area (Å²) in [6, 6.07) is 0. The molecule has 0 saturated heterocycles. The Morgan fingerprint density at radius 3 is 1.62 bits per heavy atom. The molecule has 0 saturated carbocycles. The van der Waals surface area contributed by atoms with Gasteiger partial charge in [-0.25, -0.2) is 0 Å². The van der Waals surface area contributed by atoms with E-state index >= 15 is 0 Å². The molecule has 0 radical (unpaired) electrons. The van der Waals surface area contributed by atoms with Gasteiger partial charge in [-0.3, -0.25) is 0 Å². The van der Waals surface area contributed by atoms with Gasteiger partial charge in [-0.15, -0.1) is 0 Å². The molecule has 21 heavy (non-hydrogen) atoms. The van der Waals surface area contributed by atoms with Gasteiger partial charge in [-0.2, -0.15) is 0 Å². The van der Waals surface area contributed by atoms with Crippen molar-refractivity contribution in [3.05, 3.63) is 0 Å². The Morgan fingerprint density at radius 2 is 1.10 bits per heavy atom. The molecular formula is C19H40O2. The van der Waals surface area contributed by atoms with Gasteiger partial charge in [0, 0.05) is 12.3 Å². The van der Waals surface area contributed by atoms with Gasteiger partial charge in [0.15, 0.2) is 5.79 Å². The van der Waals surface area contributed by atoms with Crippen molar-refractivity contribution in [3.63, 3.8) is 0 Å². The van der Waals surface area contributed by atoms with E-state index in [0.29, 0.717) is 6.42 Å². The largest absolute Gasteiger partial charge is 0.365 e. The number of hydrogen-bond acceptors (Lipinski definition) is 2. The molecule has 2 N–H and O–H groups in total. The molecule has 128 valence electrons. The average Bonchev–Trinajstić information content (AvgIpc) is 2.46. The SMILES string of the molecule is CCCCCCCCC(C)C(O)(O)CCCCCCCC. The first-order chi connectivity index (χ1) is 10.0. The van der Waals surface area contributed by atoms with Crippen LogP contribution in [-0.2, 0) is 0 Å². The highest BCUT2D eigenvalue weighted by Gasteiger charge is 2.29. The quantitative estimate of drug-likeness (QED) is 0.296. The van der Waals surface area contributed by atoms with Crippen molar-refractivity contribution >= 4 is 0 Å². The second-order valence-electron chi connectivity index (χ2n) is 6.85. The summed E-state index contributed by atoms with van der Waals surface area (Å²) in [5.41, 5.74) is 0.